The van der Waals surface area contributed by atoms with E-state index < -0.39 is 5.24 Å². The highest BCUT2D eigenvalue weighted by Gasteiger charge is 2.12. The van der Waals surface area contributed by atoms with E-state index in [2.05, 4.69) is 0 Å². The van der Waals surface area contributed by atoms with Gasteiger partial charge in [0.1, 0.15) is 0 Å². The summed E-state index contributed by atoms with van der Waals surface area (Å²) in [5.41, 5.74) is 0. The van der Waals surface area contributed by atoms with Crippen LogP contribution in [0.4, 0.5) is 0 Å². The van der Waals surface area contributed by atoms with Crippen molar-refractivity contribution in [2.24, 2.45) is 0 Å². The van der Waals surface area contributed by atoms with Crippen molar-refractivity contribution in [2.75, 3.05) is 7.11 Å². The minimum atomic E-state index is -0.651. The molecule has 0 spiro atoms. The summed E-state index contributed by atoms with van der Waals surface area (Å²) in [4.78, 5) is 10.5. The van der Waals surface area contributed by atoms with Crippen molar-refractivity contribution < 1.29 is 13.9 Å². The SMILES string of the molecule is COc1ccoc1C(=O)Cl. The van der Waals surface area contributed by atoms with Crippen LogP contribution in [0.5, 0.6) is 5.75 Å². The third-order valence-corrected chi connectivity index (χ3v) is 1.20. The maximum absolute atomic E-state index is 10.5. The van der Waals surface area contributed by atoms with Crippen LogP contribution in [0.15, 0.2) is 16.7 Å². The highest BCUT2D eigenvalue weighted by atomic mass is 35.5. The summed E-state index contributed by atoms with van der Waals surface area (Å²) in [5, 5.41) is -0.651. The van der Waals surface area contributed by atoms with E-state index in [0.29, 0.717) is 5.75 Å². The average molecular weight is 161 g/mol. The van der Waals surface area contributed by atoms with E-state index in [1.54, 1.807) is 0 Å². The Bertz CT molecular complexity index is 241. The Labute approximate surface area is 62.5 Å². The van der Waals surface area contributed by atoms with E-state index in [-0.39, 0.29) is 5.76 Å². The van der Waals surface area contributed by atoms with E-state index in [0.717, 1.165) is 0 Å². The number of halogens is 1. The van der Waals surface area contributed by atoms with Crippen LogP contribution in [0.2, 0.25) is 0 Å². The lowest BCUT2D eigenvalue weighted by Gasteiger charge is -1.93. The number of hydrogen-bond donors (Lipinski definition) is 0. The van der Waals surface area contributed by atoms with Crippen LogP contribution >= 0.6 is 11.6 Å². The van der Waals surface area contributed by atoms with Crippen molar-refractivity contribution in [1.29, 1.82) is 0 Å². The molecule has 0 aliphatic rings. The molecule has 0 atom stereocenters. The highest BCUT2D eigenvalue weighted by Crippen LogP contribution is 2.20. The number of hydrogen-bond acceptors (Lipinski definition) is 3. The molecule has 0 fully saturated rings. The second kappa shape index (κ2) is 2.75. The summed E-state index contributed by atoms with van der Waals surface area (Å²) in [5.74, 6) is 0.407. The molecule has 1 rings (SSSR count). The molecule has 3 nitrogen and oxygen atoms in total. The summed E-state index contributed by atoms with van der Waals surface area (Å²) in [6, 6.07) is 1.52. The van der Waals surface area contributed by atoms with Gasteiger partial charge in [-0.2, -0.15) is 0 Å². The molecule has 0 saturated carbocycles. The molecule has 54 valence electrons. The van der Waals surface area contributed by atoms with Gasteiger partial charge in [0, 0.05) is 6.07 Å². The van der Waals surface area contributed by atoms with Gasteiger partial charge >= 0.3 is 0 Å². The van der Waals surface area contributed by atoms with Gasteiger partial charge in [-0.25, -0.2) is 0 Å². The lowest BCUT2D eigenvalue weighted by Crippen LogP contribution is -1.89. The van der Waals surface area contributed by atoms with E-state index in [1.165, 1.54) is 19.4 Å². The number of methoxy groups -OCH3 is 1. The van der Waals surface area contributed by atoms with Crippen molar-refractivity contribution in [1.82, 2.24) is 0 Å². The Hall–Kier alpha value is -0.960. The van der Waals surface area contributed by atoms with Crippen LogP contribution in [0.1, 0.15) is 10.6 Å². The van der Waals surface area contributed by atoms with Gasteiger partial charge in [-0.3, -0.25) is 4.79 Å². The molecule has 4 heteroatoms. The monoisotopic (exact) mass is 160 g/mol. The van der Waals surface area contributed by atoms with E-state index in [1.807, 2.05) is 0 Å². The van der Waals surface area contributed by atoms with E-state index in [4.69, 9.17) is 20.8 Å². The van der Waals surface area contributed by atoms with Gasteiger partial charge in [0.25, 0.3) is 5.24 Å². The fourth-order valence-corrected chi connectivity index (χ4v) is 0.739. The van der Waals surface area contributed by atoms with E-state index >= 15 is 0 Å². The molecular formula is C6H5ClO3. The summed E-state index contributed by atoms with van der Waals surface area (Å²) in [6.07, 6.45) is 1.34. The third kappa shape index (κ3) is 1.14. The molecular weight excluding hydrogens is 156 g/mol. The minimum Gasteiger partial charge on any atom is -0.493 e. The van der Waals surface area contributed by atoms with Gasteiger partial charge in [0.05, 0.1) is 13.4 Å². The van der Waals surface area contributed by atoms with Gasteiger partial charge in [-0.15, -0.1) is 0 Å². The number of rotatable bonds is 2. The summed E-state index contributed by atoms with van der Waals surface area (Å²) < 4.78 is 9.46. The smallest absolute Gasteiger partial charge is 0.291 e. The van der Waals surface area contributed by atoms with Gasteiger partial charge in [-0.1, -0.05) is 0 Å². The van der Waals surface area contributed by atoms with Crippen molar-refractivity contribution >= 4 is 16.8 Å². The second-order valence-electron chi connectivity index (χ2n) is 1.59. The summed E-state index contributed by atoms with van der Waals surface area (Å²) >= 11 is 5.12. The van der Waals surface area contributed by atoms with Crippen molar-refractivity contribution in [3.63, 3.8) is 0 Å². The maximum Gasteiger partial charge on any atom is 0.291 e. The van der Waals surface area contributed by atoms with Crippen LogP contribution < -0.4 is 4.74 Å². The quantitative estimate of drug-likeness (QED) is 0.618. The Morgan fingerprint density at radius 3 is 2.90 bits per heavy atom. The van der Waals surface area contributed by atoms with Crippen LogP contribution in [0, 0.1) is 0 Å². The fourth-order valence-electron chi connectivity index (χ4n) is 0.602. The summed E-state index contributed by atoms with van der Waals surface area (Å²) in [7, 11) is 1.44. The lowest BCUT2D eigenvalue weighted by atomic mass is 10.4. The molecule has 0 amide bonds. The molecule has 0 bridgehead atoms. The summed E-state index contributed by atoms with van der Waals surface area (Å²) in [6.45, 7) is 0. The predicted octanol–water partition coefficient (Wildman–Crippen LogP) is 1.67. The highest BCUT2D eigenvalue weighted by molar-refractivity contribution is 6.67. The van der Waals surface area contributed by atoms with Gasteiger partial charge < -0.3 is 9.15 Å². The van der Waals surface area contributed by atoms with Gasteiger partial charge in [0.15, 0.2) is 5.75 Å². The standard InChI is InChI=1S/C6H5ClO3/c1-9-4-2-3-10-5(4)6(7)8/h2-3H,1H3. The van der Waals surface area contributed by atoms with Crippen LogP contribution in [0.25, 0.3) is 0 Å². The molecule has 0 aliphatic heterocycles. The Morgan fingerprint density at radius 1 is 1.80 bits per heavy atom. The number of ether oxygens (including phenoxy) is 1. The van der Waals surface area contributed by atoms with Crippen molar-refractivity contribution in [3.05, 3.63) is 18.1 Å². The first-order chi connectivity index (χ1) is 4.75. The normalized spacial score (nSPS) is 9.40. The van der Waals surface area contributed by atoms with E-state index in [9.17, 15) is 4.79 Å². The molecule has 0 saturated heterocycles. The minimum absolute atomic E-state index is 0.0455. The predicted molar refractivity (Wildman–Crippen MR) is 35.4 cm³/mol. The zero-order valence-electron chi connectivity index (χ0n) is 5.26. The zero-order chi connectivity index (χ0) is 7.56. The Balaban J connectivity index is 3.01. The van der Waals surface area contributed by atoms with Gasteiger partial charge in [-0.05, 0) is 11.6 Å². The second-order valence-corrected chi connectivity index (χ2v) is 1.94. The molecule has 1 heterocycles. The van der Waals surface area contributed by atoms with Crippen LogP contribution in [-0.4, -0.2) is 12.4 Å². The molecule has 1 aromatic rings. The topological polar surface area (TPSA) is 39.4 Å². The number of carbonyl (C=O) groups is 1. The Morgan fingerprint density at radius 2 is 2.50 bits per heavy atom. The average Bonchev–Trinajstić information content (AvgIpc) is 2.33. The largest absolute Gasteiger partial charge is 0.493 e. The fraction of sp³-hybridized carbons (Fsp3) is 0.167. The first kappa shape index (κ1) is 7.15. The van der Waals surface area contributed by atoms with Crippen LogP contribution in [-0.2, 0) is 0 Å². The van der Waals surface area contributed by atoms with Crippen molar-refractivity contribution in [3.8, 4) is 5.75 Å². The molecule has 1 aromatic heterocycles. The molecule has 0 aromatic carbocycles. The number of carbonyl (C=O) groups excluding carboxylic acids is 1. The van der Waals surface area contributed by atoms with Crippen LogP contribution in [0.3, 0.4) is 0 Å². The third-order valence-electron chi connectivity index (χ3n) is 1.03. The molecule has 0 radical (unpaired) electrons. The molecule has 0 N–H and O–H groups in total. The first-order valence-corrected chi connectivity index (χ1v) is 2.95. The Kier molecular flexibility index (Phi) is 1.97. The molecule has 0 aliphatic carbocycles. The first-order valence-electron chi connectivity index (χ1n) is 2.57. The molecule has 0 unspecified atom stereocenters. The van der Waals surface area contributed by atoms with Gasteiger partial charge in [0.2, 0.25) is 5.76 Å². The number of furan rings is 1. The molecule has 10 heavy (non-hydrogen) atoms. The van der Waals surface area contributed by atoms with Crippen molar-refractivity contribution in [2.45, 2.75) is 0 Å². The maximum atomic E-state index is 10.5. The zero-order valence-corrected chi connectivity index (χ0v) is 6.01. The lowest BCUT2D eigenvalue weighted by molar-refractivity contribution is 0.105.